The van der Waals surface area contributed by atoms with Crippen LogP contribution in [0.4, 0.5) is 0 Å². The second-order valence-corrected chi connectivity index (χ2v) is 6.80. The number of hydrogen-bond donors (Lipinski definition) is 1. The Kier molecular flexibility index (Phi) is 3.99. The summed E-state index contributed by atoms with van der Waals surface area (Å²) in [4.78, 5) is 0. The Morgan fingerprint density at radius 1 is 1.38 bits per heavy atom. The van der Waals surface area contributed by atoms with Gasteiger partial charge in [-0.05, 0) is 31.0 Å². The summed E-state index contributed by atoms with van der Waals surface area (Å²) < 4.78 is 22.6. The molecule has 0 aliphatic rings. The van der Waals surface area contributed by atoms with Gasteiger partial charge in [-0.3, -0.25) is 0 Å². The van der Waals surface area contributed by atoms with Crippen LogP contribution in [0.5, 0.6) is 0 Å². The van der Waals surface area contributed by atoms with Crippen LogP contribution in [-0.2, 0) is 9.84 Å². The van der Waals surface area contributed by atoms with Gasteiger partial charge in [0, 0.05) is 11.3 Å². The molecule has 2 atom stereocenters. The van der Waals surface area contributed by atoms with Crippen LogP contribution in [0.2, 0.25) is 5.02 Å². The molecule has 1 aromatic carbocycles. The van der Waals surface area contributed by atoms with E-state index in [0.717, 1.165) is 11.8 Å². The Morgan fingerprint density at radius 3 is 2.38 bits per heavy atom. The first-order valence-corrected chi connectivity index (χ1v) is 7.19. The van der Waals surface area contributed by atoms with Crippen molar-refractivity contribution in [1.29, 1.82) is 0 Å². The SMILES string of the molecule is Cc1ccc(C(O)C(C)S(C)(=O)=O)cc1Cl. The largest absolute Gasteiger partial charge is 0.387 e. The van der Waals surface area contributed by atoms with E-state index in [-0.39, 0.29) is 0 Å². The fraction of sp³-hybridized carbons (Fsp3) is 0.455. The van der Waals surface area contributed by atoms with E-state index in [1.54, 1.807) is 18.2 Å². The fourth-order valence-electron chi connectivity index (χ4n) is 1.30. The van der Waals surface area contributed by atoms with Crippen LogP contribution >= 0.6 is 11.6 Å². The van der Waals surface area contributed by atoms with Crippen LogP contribution in [-0.4, -0.2) is 25.0 Å². The van der Waals surface area contributed by atoms with Crippen molar-refractivity contribution in [2.45, 2.75) is 25.2 Å². The molecule has 0 heterocycles. The van der Waals surface area contributed by atoms with Gasteiger partial charge in [0.1, 0.15) is 0 Å². The molecule has 0 aliphatic carbocycles. The smallest absolute Gasteiger partial charge is 0.152 e. The second-order valence-electron chi connectivity index (χ2n) is 3.99. The summed E-state index contributed by atoms with van der Waals surface area (Å²) in [5.41, 5.74) is 1.41. The van der Waals surface area contributed by atoms with Crippen LogP contribution in [0, 0.1) is 6.92 Å². The predicted molar refractivity (Wildman–Crippen MR) is 65.5 cm³/mol. The summed E-state index contributed by atoms with van der Waals surface area (Å²) in [6, 6.07) is 5.05. The molecule has 0 spiro atoms. The molecule has 0 amide bonds. The maximum Gasteiger partial charge on any atom is 0.152 e. The van der Waals surface area contributed by atoms with Gasteiger partial charge in [0.25, 0.3) is 0 Å². The normalized spacial score (nSPS) is 15.8. The van der Waals surface area contributed by atoms with E-state index in [2.05, 4.69) is 0 Å². The zero-order valence-electron chi connectivity index (χ0n) is 9.44. The lowest BCUT2D eigenvalue weighted by molar-refractivity contribution is 0.176. The van der Waals surface area contributed by atoms with Crippen LogP contribution in [0.25, 0.3) is 0 Å². The summed E-state index contributed by atoms with van der Waals surface area (Å²) in [6.07, 6.45) is 0.0598. The first-order valence-electron chi connectivity index (χ1n) is 4.86. The number of aliphatic hydroxyl groups is 1. The Bertz CT molecular complexity index is 482. The third-order valence-electron chi connectivity index (χ3n) is 2.66. The lowest BCUT2D eigenvalue weighted by atomic mass is 10.1. The molecule has 0 bridgehead atoms. The summed E-state index contributed by atoms with van der Waals surface area (Å²) >= 11 is 5.92. The van der Waals surface area contributed by atoms with E-state index in [1.165, 1.54) is 6.92 Å². The third kappa shape index (κ3) is 2.97. The Balaban J connectivity index is 3.06. The molecule has 0 saturated carbocycles. The van der Waals surface area contributed by atoms with Gasteiger partial charge in [0.15, 0.2) is 9.84 Å². The molecule has 5 heteroatoms. The Hall–Kier alpha value is -0.580. The predicted octanol–water partition coefficient (Wildman–Crippen LogP) is 2.11. The van der Waals surface area contributed by atoms with Crippen molar-refractivity contribution >= 4 is 21.4 Å². The van der Waals surface area contributed by atoms with Gasteiger partial charge in [-0.2, -0.15) is 0 Å². The van der Waals surface area contributed by atoms with Crippen molar-refractivity contribution in [3.8, 4) is 0 Å². The molecular weight excluding hydrogens is 248 g/mol. The van der Waals surface area contributed by atoms with Gasteiger partial charge in [0.05, 0.1) is 11.4 Å². The van der Waals surface area contributed by atoms with E-state index in [0.29, 0.717) is 10.6 Å². The van der Waals surface area contributed by atoms with Gasteiger partial charge in [0.2, 0.25) is 0 Å². The molecule has 1 aromatic rings. The molecule has 16 heavy (non-hydrogen) atoms. The van der Waals surface area contributed by atoms with Gasteiger partial charge >= 0.3 is 0 Å². The number of benzene rings is 1. The highest BCUT2D eigenvalue weighted by molar-refractivity contribution is 7.91. The highest BCUT2D eigenvalue weighted by atomic mass is 35.5. The summed E-state index contributed by atoms with van der Waals surface area (Å²) in [5.74, 6) is 0. The molecule has 3 nitrogen and oxygen atoms in total. The van der Waals surface area contributed by atoms with Crippen LogP contribution in [0.15, 0.2) is 18.2 Å². The van der Waals surface area contributed by atoms with E-state index in [4.69, 9.17) is 11.6 Å². The molecule has 0 aliphatic heterocycles. The summed E-state index contributed by atoms with van der Waals surface area (Å²) in [6.45, 7) is 3.33. The zero-order valence-corrected chi connectivity index (χ0v) is 11.0. The zero-order chi connectivity index (χ0) is 12.5. The number of aryl methyl sites for hydroxylation is 1. The Labute approximate surface area is 101 Å². The molecule has 0 radical (unpaired) electrons. The molecule has 0 fully saturated rings. The van der Waals surface area contributed by atoms with Crippen molar-refractivity contribution in [1.82, 2.24) is 0 Å². The fourth-order valence-corrected chi connectivity index (χ4v) is 2.11. The van der Waals surface area contributed by atoms with Crippen LogP contribution in [0.1, 0.15) is 24.2 Å². The van der Waals surface area contributed by atoms with Gasteiger partial charge in [-0.25, -0.2) is 8.42 Å². The minimum absolute atomic E-state index is 0.522. The lowest BCUT2D eigenvalue weighted by Crippen LogP contribution is -2.24. The maximum absolute atomic E-state index is 11.3. The van der Waals surface area contributed by atoms with Crippen LogP contribution in [0.3, 0.4) is 0 Å². The van der Waals surface area contributed by atoms with Crippen LogP contribution < -0.4 is 0 Å². The monoisotopic (exact) mass is 262 g/mol. The molecule has 1 N–H and O–H groups in total. The highest BCUT2D eigenvalue weighted by Crippen LogP contribution is 2.25. The van der Waals surface area contributed by atoms with E-state index in [9.17, 15) is 13.5 Å². The average Bonchev–Trinajstić information content (AvgIpc) is 2.18. The van der Waals surface area contributed by atoms with Crippen molar-refractivity contribution in [2.75, 3.05) is 6.26 Å². The summed E-state index contributed by atoms with van der Waals surface area (Å²) in [7, 11) is -3.27. The first kappa shape index (κ1) is 13.5. The van der Waals surface area contributed by atoms with Crippen molar-refractivity contribution < 1.29 is 13.5 Å². The number of hydrogen-bond acceptors (Lipinski definition) is 3. The minimum atomic E-state index is -3.27. The number of aliphatic hydroxyl groups excluding tert-OH is 1. The molecular formula is C11H15ClO3S. The molecule has 90 valence electrons. The second kappa shape index (κ2) is 4.73. The number of sulfone groups is 1. The van der Waals surface area contributed by atoms with Crippen molar-refractivity contribution in [2.24, 2.45) is 0 Å². The minimum Gasteiger partial charge on any atom is -0.387 e. The third-order valence-corrected chi connectivity index (χ3v) is 4.67. The van der Waals surface area contributed by atoms with Crippen molar-refractivity contribution in [3.63, 3.8) is 0 Å². The van der Waals surface area contributed by atoms with E-state index >= 15 is 0 Å². The summed E-state index contributed by atoms with van der Waals surface area (Å²) in [5, 5.41) is 9.59. The standard InChI is InChI=1S/C11H15ClO3S/c1-7-4-5-9(6-10(7)12)11(13)8(2)16(3,14)15/h4-6,8,11,13H,1-3H3. The van der Waals surface area contributed by atoms with Gasteiger partial charge in [-0.1, -0.05) is 23.7 Å². The van der Waals surface area contributed by atoms with Crippen molar-refractivity contribution in [3.05, 3.63) is 34.3 Å². The molecule has 1 rings (SSSR count). The molecule has 0 aromatic heterocycles. The molecule has 0 saturated heterocycles. The van der Waals surface area contributed by atoms with E-state index in [1.807, 2.05) is 6.92 Å². The Morgan fingerprint density at radius 2 is 1.94 bits per heavy atom. The highest BCUT2D eigenvalue weighted by Gasteiger charge is 2.25. The maximum atomic E-state index is 11.3. The number of rotatable bonds is 3. The quantitative estimate of drug-likeness (QED) is 0.908. The van der Waals surface area contributed by atoms with E-state index < -0.39 is 21.2 Å². The lowest BCUT2D eigenvalue weighted by Gasteiger charge is -2.18. The average molecular weight is 263 g/mol. The van der Waals surface area contributed by atoms with Gasteiger partial charge in [-0.15, -0.1) is 0 Å². The first-order chi connectivity index (χ1) is 7.23. The topological polar surface area (TPSA) is 54.4 Å². The molecule has 2 unspecified atom stereocenters. The van der Waals surface area contributed by atoms with Gasteiger partial charge < -0.3 is 5.11 Å². The number of halogens is 1.